The van der Waals surface area contributed by atoms with E-state index in [4.69, 9.17) is 16.6 Å². The third kappa shape index (κ3) is 4.91. The molecule has 0 bridgehead atoms. The van der Waals surface area contributed by atoms with Crippen molar-refractivity contribution in [2.75, 3.05) is 41.9 Å². The Bertz CT molecular complexity index is 1530. The molecular weight excluding hydrogens is 528 g/mol. The van der Waals surface area contributed by atoms with Crippen LogP contribution < -0.4 is 9.21 Å². The maximum atomic E-state index is 13.2. The number of aryl methyl sites for hydroxylation is 1. The second-order valence-electron chi connectivity index (χ2n) is 8.82. The molecule has 0 unspecified atom stereocenters. The number of aromatic nitrogens is 1. The maximum Gasteiger partial charge on any atom is 0.264 e. The summed E-state index contributed by atoms with van der Waals surface area (Å²) < 4.78 is 28.9. The van der Waals surface area contributed by atoms with Gasteiger partial charge in [-0.25, -0.2) is 13.4 Å². The van der Waals surface area contributed by atoms with Gasteiger partial charge in [0.1, 0.15) is 0 Å². The minimum absolute atomic E-state index is 0.106. The predicted molar refractivity (Wildman–Crippen MR) is 151 cm³/mol. The minimum Gasteiger partial charge on any atom is -0.345 e. The molecule has 7 nitrogen and oxygen atoms in total. The number of carbonyl (C=O) groups excluding carboxylic acids is 1. The summed E-state index contributed by atoms with van der Waals surface area (Å²) in [6, 6.07) is 19.1. The van der Waals surface area contributed by atoms with E-state index in [1.807, 2.05) is 37.3 Å². The molecule has 2 heterocycles. The number of carbonyl (C=O) groups is 1. The Kier molecular flexibility index (Phi) is 7.11. The van der Waals surface area contributed by atoms with Crippen molar-refractivity contribution in [2.24, 2.45) is 0 Å². The lowest BCUT2D eigenvalue weighted by molar-refractivity contribution is 0.0746. The molecule has 1 amide bonds. The summed E-state index contributed by atoms with van der Waals surface area (Å²) in [4.78, 5) is 22.1. The van der Waals surface area contributed by atoms with E-state index in [-0.39, 0.29) is 10.8 Å². The molecule has 1 aliphatic heterocycles. The van der Waals surface area contributed by atoms with Crippen molar-refractivity contribution in [3.63, 3.8) is 0 Å². The topological polar surface area (TPSA) is 73.8 Å². The van der Waals surface area contributed by atoms with Gasteiger partial charge < -0.3 is 9.80 Å². The largest absolute Gasteiger partial charge is 0.345 e. The number of para-hydroxylation sites is 1. The average Bonchev–Trinajstić information content (AvgIpc) is 3.37. The molecule has 0 N–H and O–H groups in total. The molecule has 10 heteroatoms. The molecule has 5 rings (SSSR count). The summed E-state index contributed by atoms with van der Waals surface area (Å²) in [5, 5.41) is 1.64. The normalized spacial score (nSPS) is 14.2. The lowest BCUT2D eigenvalue weighted by Crippen LogP contribution is -2.48. The fourth-order valence-corrected chi connectivity index (χ4v) is 7.19. The second-order valence-corrected chi connectivity index (χ2v) is 12.1. The number of anilines is 2. The number of hydrogen-bond acceptors (Lipinski definition) is 6. The summed E-state index contributed by atoms with van der Waals surface area (Å²) in [5.74, 6) is -0.106. The zero-order valence-corrected chi connectivity index (χ0v) is 23.0. The maximum absolute atomic E-state index is 13.2. The van der Waals surface area contributed by atoms with Crippen LogP contribution in [0.3, 0.4) is 0 Å². The van der Waals surface area contributed by atoms with Gasteiger partial charge in [0.2, 0.25) is 0 Å². The highest BCUT2D eigenvalue weighted by atomic mass is 35.5. The number of nitrogens with zero attached hydrogens (tertiary/aromatic N) is 4. The number of halogens is 1. The zero-order chi connectivity index (χ0) is 26.2. The molecule has 1 aromatic heterocycles. The second kappa shape index (κ2) is 10.3. The van der Waals surface area contributed by atoms with Crippen molar-refractivity contribution in [1.29, 1.82) is 0 Å². The molecule has 0 atom stereocenters. The summed E-state index contributed by atoms with van der Waals surface area (Å²) in [5.41, 5.74) is 2.98. The molecule has 4 aromatic rings. The summed E-state index contributed by atoms with van der Waals surface area (Å²) in [7, 11) is -3.74. The molecule has 1 saturated heterocycles. The van der Waals surface area contributed by atoms with Crippen LogP contribution in [0.15, 0.2) is 71.6 Å². The highest BCUT2D eigenvalue weighted by Gasteiger charge is 2.26. The number of sulfonamides is 1. The zero-order valence-electron chi connectivity index (χ0n) is 20.6. The van der Waals surface area contributed by atoms with Gasteiger partial charge in [0, 0.05) is 43.3 Å². The van der Waals surface area contributed by atoms with Gasteiger partial charge in [-0.3, -0.25) is 9.10 Å². The molecule has 0 aliphatic carbocycles. The van der Waals surface area contributed by atoms with Gasteiger partial charge in [0.25, 0.3) is 15.9 Å². The number of fused-ring (bicyclic) bond motifs is 1. The van der Waals surface area contributed by atoms with Crippen LogP contribution in [0.2, 0.25) is 5.02 Å². The Hall–Kier alpha value is -3.14. The molecular formula is C27H27ClN4O3S2. The number of hydrogen-bond donors (Lipinski definition) is 0. The monoisotopic (exact) mass is 554 g/mol. The molecule has 0 radical (unpaired) electrons. The molecule has 1 aliphatic rings. The number of rotatable bonds is 6. The first-order valence-electron chi connectivity index (χ1n) is 12.1. The first-order valence-corrected chi connectivity index (χ1v) is 14.7. The van der Waals surface area contributed by atoms with Gasteiger partial charge >= 0.3 is 0 Å². The van der Waals surface area contributed by atoms with Crippen LogP contribution in [0.1, 0.15) is 22.8 Å². The van der Waals surface area contributed by atoms with Crippen LogP contribution in [0.4, 0.5) is 10.8 Å². The first kappa shape index (κ1) is 25.5. The Morgan fingerprint density at radius 1 is 1.00 bits per heavy atom. The third-order valence-electron chi connectivity index (χ3n) is 6.59. The van der Waals surface area contributed by atoms with Crippen molar-refractivity contribution < 1.29 is 13.2 Å². The third-order valence-corrected chi connectivity index (χ3v) is 10.0. The Morgan fingerprint density at radius 2 is 1.68 bits per heavy atom. The van der Waals surface area contributed by atoms with E-state index < -0.39 is 10.0 Å². The van der Waals surface area contributed by atoms with E-state index in [1.165, 1.54) is 16.4 Å². The highest BCUT2D eigenvalue weighted by Crippen LogP contribution is 2.34. The average molecular weight is 555 g/mol. The Labute approximate surface area is 226 Å². The van der Waals surface area contributed by atoms with Gasteiger partial charge in [-0.15, -0.1) is 0 Å². The van der Waals surface area contributed by atoms with E-state index in [0.29, 0.717) is 49.0 Å². The van der Waals surface area contributed by atoms with Gasteiger partial charge in [0.15, 0.2) is 5.13 Å². The predicted octanol–water partition coefficient (Wildman–Crippen LogP) is 5.44. The van der Waals surface area contributed by atoms with E-state index in [0.717, 1.165) is 20.9 Å². The molecule has 3 aromatic carbocycles. The van der Waals surface area contributed by atoms with E-state index in [1.54, 1.807) is 47.4 Å². The lowest BCUT2D eigenvalue weighted by atomic mass is 10.2. The minimum atomic E-state index is -3.74. The van der Waals surface area contributed by atoms with Crippen molar-refractivity contribution in [2.45, 2.75) is 18.7 Å². The van der Waals surface area contributed by atoms with Crippen molar-refractivity contribution in [3.8, 4) is 0 Å². The van der Waals surface area contributed by atoms with Crippen LogP contribution in [0.25, 0.3) is 10.2 Å². The quantitative estimate of drug-likeness (QED) is 0.317. The number of benzene rings is 3. The summed E-state index contributed by atoms with van der Waals surface area (Å²) in [6.07, 6.45) is 0. The number of thiazole rings is 1. The molecule has 0 spiro atoms. The molecule has 0 saturated carbocycles. The highest BCUT2D eigenvalue weighted by molar-refractivity contribution is 7.92. The van der Waals surface area contributed by atoms with Gasteiger partial charge in [0.05, 0.1) is 20.8 Å². The van der Waals surface area contributed by atoms with Gasteiger partial charge in [-0.1, -0.05) is 41.1 Å². The van der Waals surface area contributed by atoms with Gasteiger partial charge in [-0.05, 0) is 67.9 Å². The van der Waals surface area contributed by atoms with Crippen molar-refractivity contribution in [3.05, 3.63) is 82.9 Å². The fourth-order valence-electron chi connectivity index (χ4n) is 4.49. The smallest absolute Gasteiger partial charge is 0.264 e. The van der Waals surface area contributed by atoms with Crippen molar-refractivity contribution in [1.82, 2.24) is 9.88 Å². The Morgan fingerprint density at radius 3 is 2.32 bits per heavy atom. The number of amides is 1. The molecule has 192 valence electrons. The SMILES string of the molecule is CCN(c1ccccc1)S(=O)(=O)c1ccc(C(=O)N2CCN(c3nc4c(C)c(Cl)ccc4s3)CC2)cc1. The lowest BCUT2D eigenvalue weighted by Gasteiger charge is -2.34. The van der Waals surface area contributed by atoms with Crippen LogP contribution >= 0.6 is 22.9 Å². The standard InChI is InChI=1S/C27H27ClN4O3S2/c1-3-32(21-7-5-4-6-8-21)37(34,35)22-11-9-20(10-12-22)26(33)30-15-17-31(18-16-30)27-29-25-19(2)23(28)13-14-24(25)36-27/h4-14H,3,15-18H2,1-2H3. The fraction of sp³-hybridized carbons (Fsp3) is 0.259. The van der Waals surface area contributed by atoms with E-state index >= 15 is 0 Å². The van der Waals surface area contributed by atoms with Crippen LogP contribution in [0.5, 0.6) is 0 Å². The molecule has 37 heavy (non-hydrogen) atoms. The van der Waals surface area contributed by atoms with Gasteiger partial charge in [-0.2, -0.15) is 0 Å². The van der Waals surface area contributed by atoms with Crippen molar-refractivity contribution >= 4 is 59.9 Å². The summed E-state index contributed by atoms with van der Waals surface area (Å²) >= 11 is 7.88. The van der Waals surface area contributed by atoms with E-state index in [9.17, 15) is 13.2 Å². The van der Waals surface area contributed by atoms with E-state index in [2.05, 4.69) is 4.90 Å². The summed E-state index contributed by atoms with van der Waals surface area (Å²) in [6.45, 7) is 6.55. The van der Waals surface area contributed by atoms with Crippen LogP contribution in [0, 0.1) is 6.92 Å². The van der Waals surface area contributed by atoms with Crippen LogP contribution in [-0.4, -0.2) is 56.9 Å². The Balaban J connectivity index is 1.26. The number of piperazine rings is 1. The first-order chi connectivity index (χ1) is 17.8. The molecule has 1 fully saturated rings. The van der Waals surface area contributed by atoms with Crippen LogP contribution in [-0.2, 0) is 10.0 Å².